The highest BCUT2D eigenvalue weighted by Crippen LogP contribution is 2.18. The van der Waals surface area contributed by atoms with E-state index in [1.807, 2.05) is 0 Å². The molecule has 0 aromatic heterocycles. The zero-order valence-corrected chi connectivity index (χ0v) is 10.8. The Morgan fingerprint density at radius 3 is 2.95 bits per heavy atom. The van der Waals surface area contributed by atoms with Gasteiger partial charge in [-0.05, 0) is 31.0 Å². The van der Waals surface area contributed by atoms with Crippen LogP contribution in [0.4, 0.5) is 8.78 Å². The molecule has 1 aliphatic heterocycles. The number of halogens is 2. The van der Waals surface area contributed by atoms with Crippen molar-refractivity contribution in [2.24, 2.45) is 0 Å². The van der Waals surface area contributed by atoms with Crippen molar-refractivity contribution >= 4 is 5.97 Å². The Morgan fingerprint density at radius 1 is 1.47 bits per heavy atom. The first-order chi connectivity index (χ1) is 9.04. The van der Waals surface area contributed by atoms with Gasteiger partial charge >= 0.3 is 5.97 Å². The highest BCUT2D eigenvalue weighted by molar-refractivity contribution is 5.66. The Morgan fingerprint density at radius 2 is 2.26 bits per heavy atom. The van der Waals surface area contributed by atoms with E-state index in [9.17, 15) is 13.6 Å². The maximum Gasteiger partial charge on any atom is 0.302 e. The van der Waals surface area contributed by atoms with Crippen molar-refractivity contribution in [3.8, 4) is 0 Å². The quantitative estimate of drug-likeness (QED) is 0.855. The van der Waals surface area contributed by atoms with E-state index < -0.39 is 11.6 Å². The van der Waals surface area contributed by atoms with Crippen LogP contribution in [-0.4, -0.2) is 24.7 Å². The van der Waals surface area contributed by atoms with E-state index in [4.69, 9.17) is 4.74 Å². The van der Waals surface area contributed by atoms with Gasteiger partial charge in [-0.25, -0.2) is 8.78 Å². The molecule has 2 rings (SSSR count). The molecule has 1 fully saturated rings. The summed E-state index contributed by atoms with van der Waals surface area (Å²) in [6.45, 7) is 2.11. The Labute approximate surface area is 111 Å². The fourth-order valence-corrected chi connectivity index (χ4v) is 2.42. The first-order valence-corrected chi connectivity index (χ1v) is 6.39. The van der Waals surface area contributed by atoms with Gasteiger partial charge in [-0.1, -0.05) is 6.07 Å². The minimum Gasteiger partial charge on any atom is -0.462 e. The van der Waals surface area contributed by atoms with Crippen LogP contribution >= 0.6 is 0 Å². The molecule has 1 aromatic rings. The summed E-state index contributed by atoms with van der Waals surface area (Å²) in [5.41, 5.74) is 0.474. The molecular weight excluding hydrogens is 252 g/mol. The molecule has 1 aliphatic rings. The van der Waals surface area contributed by atoms with Crippen LogP contribution in [0.2, 0.25) is 0 Å². The van der Waals surface area contributed by atoms with Crippen molar-refractivity contribution in [2.45, 2.75) is 38.3 Å². The number of carbonyl (C=O) groups is 1. The van der Waals surface area contributed by atoms with Crippen LogP contribution in [-0.2, 0) is 16.0 Å². The van der Waals surface area contributed by atoms with Crippen molar-refractivity contribution in [1.82, 2.24) is 5.32 Å². The van der Waals surface area contributed by atoms with E-state index in [-0.39, 0.29) is 18.1 Å². The normalized spacial score (nSPS) is 23.1. The Kier molecular flexibility index (Phi) is 4.47. The predicted molar refractivity (Wildman–Crippen MR) is 66.6 cm³/mol. The number of ether oxygens (including phenoxy) is 1. The van der Waals surface area contributed by atoms with Crippen LogP contribution in [0.3, 0.4) is 0 Å². The SMILES string of the molecule is CC(=O)OC1CCNC(Cc2ccc(F)cc2F)C1. The lowest BCUT2D eigenvalue weighted by molar-refractivity contribution is -0.147. The third-order valence-electron chi connectivity index (χ3n) is 3.26. The summed E-state index contributed by atoms with van der Waals surface area (Å²) in [4.78, 5) is 10.9. The Bertz CT molecular complexity index is 465. The summed E-state index contributed by atoms with van der Waals surface area (Å²) in [6.07, 6.45) is 1.76. The second-order valence-corrected chi connectivity index (χ2v) is 4.85. The van der Waals surface area contributed by atoms with Crippen LogP contribution in [0.5, 0.6) is 0 Å². The smallest absolute Gasteiger partial charge is 0.302 e. The number of piperidine rings is 1. The lowest BCUT2D eigenvalue weighted by Gasteiger charge is -2.30. The number of rotatable bonds is 3. The summed E-state index contributed by atoms with van der Waals surface area (Å²) >= 11 is 0. The fourth-order valence-electron chi connectivity index (χ4n) is 2.42. The van der Waals surface area contributed by atoms with E-state index >= 15 is 0 Å². The van der Waals surface area contributed by atoms with Crippen molar-refractivity contribution in [3.63, 3.8) is 0 Å². The third kappa shape index (κ3) is 3.99. The largest absolute Gasteiger partial charge is 0.462 e. The maximum absolute atomic E-state index is 13.6. The van der Waals surface area contributed by atoms with Crippen LogP contribution in [0.15, 0.2) is 18.2 Å². The summed E-state index contributed by atoms with van der Waals surface area (Å²) in [7, 11) is 0. The lowest BCUT2D eigenvalue weighted by atomic mass is 9.95. The molecule has 1 heterocycles. The first-order valence-electron chi connectivity index (χ1n) is 6.39. The first kappa shape index (κ1) is 13.9. The van der Waals surface area contributed by atoms with Gasteiger partial charge in [0.1, 0.15) is 17.7 Å². The van der Waals surface area contributed by atoms with Gasteiger partial charge in [-0.15, -0.1) is 0 Å². The van der Waals surface area contributed by atoms with Gasteiger partial charge in [0.2, 0.25) is 0 Å². The Hall–Kier alpha value is -1.49. The van der Waals surface area contributed by atoms with E-state index in [0.717, 1.165) is 19.0 Å². The molecule has 0 bridgehead atoms. The standard InChI is InChI=1S/C14H17F2NO2/c1-9(18)19-13-4-5-17-12(8-13)6-10-2-3-11(15)7-14(10)16/h2-3,7,12-13,17H,4-6,8H2,1H3. The predicted octanol–water partition coefficient (Wildman–Crippen LogP) is 2.19. The zero-order valence-electron chi connectivity index (χ0n) is 10.8. The van der Waals surface area contributed by atoms with Gasteiger partial charge in [-0.2, -0.15) is 0 Å². The van der Waals surface area contributed by atoms with Gasteiger partial charge in [0, 0.05) is 25.5 Å². The number of hydrogen-bond acceptors (Lipinski definition) is 3. The molecule has 0 spiro atoms. The third-order valence-corrected chi connectivity index (χ3v) is 3.26. The number of nitrogens with one attached hydrogen (secondary N) is 1. The number of hydrogen-bond donors (Lipinski definition) is 1. The molecule has 1 aromatic carbocycles. The van der Waals surface area contributed by atoms with Gasteiger partial charge in [0.05, 0.1) is 0 Å². The molecule has 1 N–H and O–H groups in total. The molecule has 2 unspecified atom stereocenters. The van der Waals surface area contributed by atoms with E-state index in [0.29, 0.717) is 18.4 Å². The van der Waals surface area contributed by atoms with Gasteiger partial charge < -0.3 is 10.1 Å². The van der Waals surface area contributed by atoms with Crippen molar-refractivity contribution in [1.29, 1.82) is 0 Å². The van der Waals surface area contributed by atoms with Gasteiger partial charge in [0.25, 0.3) is 0 Å². The summed E-state index contributed by atoms with van der Waals surface area (Å²) in [5.74, 6) is -1.40. The van der Waals surface area contributed by atoms with Crippen LogP contribution in [0, 0.1) is 11.6 Å². The van der Waals surface area contributed by atoms with Gasteiger partial charge in [0.15, 0.2) is 0 Å². The molecule has 5 heteroatoms. The van der Waals surface area contributed by atoms with Gasteiger partial charge in [-0.3, -0.25) is 4.79 Å². The molecule has 2 atom stereocenters. The highest BCUT2D eigenvalue weighted by Gasteiger charge is 2.24. The summed E-state index contributed by atoms with van der Waals surface area (Å²) in [6, 6.07) is 3.65. The number of carbonyl (C=O) groups excluding carboxylic acids is 1. The summed E-state index contributed by atoms with van der Waals surface area (Å²) in [5, 5.41) is 3.26. The average molecular weight is 269 g/mol. The van der Waals surface area contributed by atoms with Crippen LogP contribution in [0.1, 0.15) is 25.3 Å². The van der Waals surface area contributed by atoms with E-state index in [2.05, 4.69) is 5.32 Å². The average Bonchev–Trinajstić information content (AvgIpc) is 2.32. The minimum absolute atomic E-state index is 0.0399. The second-order valence-electron chi connectivity index (χ2n) is 4.85. The van der Waals surface area contributed by atoms with Crippen molar-refractivity contribution in [3.05, 3.63) is 35.4 Å². The monoisotopic (exact) mass is 269 g/mol. The Balaban J connectivity index is 1.96. The van der Waals surface area contributed by atoms with Crippen LogP contribution in [0.25, 0.3) is 0 Å². The molecule has 104 valence electrons. The molecular formula is C14H17F2NO2. The molecule has 19 heavy (non-hydrogen) atoms. The molecule has 0 radical (unpaired) electrons. The van der Waals surface area contributed by atoms with E-state index in [1.165, 1.54) is 19.1 Å². The summed E-state index contributed by atoms with van der Waals surface area (Å²) < 4.78 is 31.6. The number of benzene rings is 1. The van der Waals surface area contributed by atoms with Crippen molar-refractivity contribution < 1.29 is 18.3 Å². The van der Waals surface area contributed by atoms with E-state index in [1.54, 1.807) is 0 Å². The fraction of sp³-hybridized carbons (Fsp3) is 0.500. The molecule has 3 nitrogen and oxygen atoms in total. The molecule has 1 saturated heterocycles. The highest BCUT2D eigenvalue weighted by atomic mass is 19.1. The van der Waals surface area contributed by atoms with Crippen molar-refractivity contribution in [2.75, 3.05) is 6.54 Å². The zero-order chi connectivity index (χ0) is 13.8. The topological polar surface area (TPSA) is 38.3 Å². The lowest BCUT2D eigenvalue weighted by Crippen LogP contribution is -2.43. The second kappa shape index (κ2) is 6.10. The van der Waals surface area contributed by atoms with Crippen LogP contribution < -0.4 is 5.32 Å². The maximum atomic E-state index is 13.6. The molecule has 0 amide bonds. The minimum atomic E-state index is -0.573. The number of esters is 1. The molecule has 0 saturated carbocycles. The molecule has 0 aliphatic carbocycles.